The van der Waals surface area contributed by atoms with Crippen molar-refractivity contribution in [2.75, 3.05) is 0 Å². The molecule has 1 saturated heterocycles. The van der Waals surface area contributed by atoms with Gasteiger partial charge in [0, 0.05) is 0 Å². The average molecular weight is 422 g/mol. The zero-order valence-corrected chi connectivity index (χ0v) is 21.7. The molecule has 4 nitrogen and oxygen atoms in total. The van der Waals surface area contributed by atoms with E-state index >= 15 is 0 Å². The summed E-state index contributed by atoms with van der Waals surface area (Å²) in [4.78, 5) is 0. The Balaban J connectivity index is 2.52. The van der Waals surface area contributed by atoms with Gasteiger partial charge in [-0.1, -0.05) is 58.3 Å². The molecular weight excluding hydrogens is 381 g/mol. The summed E-state index contributed by atoms with van der Waals surface area (Å²) in [7, 11) is -8.84. The molecule has 1 aliphatic rings. The molecule has 25 heavy (non-hydrogen) atoms. The SMILES string of the molecule is [CH2]CCCCCCCCC[Si]1(C)O[Si](C)(C)O[Si](C)(C)O[Si](C)(C)O1. The van der Waals surface area contributed by atoms with Crippen LogP contribution in [-0.2, 0) is 16.5 Å². The molecule has 0 saturated carbocycles. The summed E-state index contributed by atoms with van der Waals surface area (Å²) >= 11 is 0. The smallest absolute Gasteiger partial charge is 0.317 e. The third-order valence-corrected chi connectivity index (χ3v) is 20.8. The molecule has 0 N–H and O–H groups in total. The zero-order valence-electron chi connectivity index (χ0n) is 17.7. The monoisotopic (exact) mass is 421 g/mol. The quantitative estimate of drug-likeness (QED) is 0.328. The molecule has 0 aliphatic carbocycles. The molecule has 149 valence electrons. The fraction of sp³-hybridized carbons (Fsp3) is 0.941. The Morgan fingerprint density at radius 2 is 0.880 bits per heavy atom. The second-order valence-corrected chi connectivity index (χ2v) is 23.3. The van der Waals surface area contributed by atoms with Crippen LogP contribution in [0.3, 0.4) is 0 Å². The third kappa shape index (κ3) is 9.99. The minimum absolute atomic E-state index is 1.05. The topological polar surface area (TPSA) is 36.9 Å². The van der Waals surface area contributed by atoms with E-state index < -0.39 is 34.2 Å². The van der Waals surface area contributed by atoms with Crippen molar-refractivity contribution in [3.63, 3.8) is 0 Å². The summed E-state index contributed by atoms with van der Waals surface area (Å²) in [5, 5.41) is 0. The van der Waals surface area contributed by atoms with Crippen molar-refractivity contribution in [2.24, 2.45) is 0 Å². The molecule has 0 atom stereocenters. The van der Waals surface area contributed by atoms with E-state index in [0.29, 0.717) is 0 Å². The highest BCUT2D eigenvalue weighted by Crippen LogP contribution is 2.33. The largest absolute Gasteiger partial charge is 0.416 e. The molecule has 8 heteroatoms. The standard InChI is InChI=1S/C17H41O4Si4/c1-9-10-11-12-13-14-15-16-17-25(8)20-23(4,5)18-22(2,3)19-24(6,7)21-25/h1,9-17H2,2-8H3. The van der Waals surface area contributed by atoms with Crippen molar-refractivity contribution in [1.29, 1.82) is 0 Å². The number of rotatable bonds is 9. The van der Waals surface area contributed by atoms with Gasteiger partial charge in [-0.2, -0.15) is 0 Å². The average Bonchev–Trinajstić information content (AvgIpc) is 2.36. The normalized spacial score (nSPS) is 24.5. The fourth-order valence-electron chi connectivity index (χ4n) is 3.92. The first kappa shape index (κ1) is 23.7. The highest BCUT2D eigenvalue weighted by atomic mass is 28.5. The van der Waals surface area contributed by atoms with Crippen molar-refractivity contribution in [3.8, 4) is 0 Å². The molecule has 0 bridgehead atoms. The van der Waals surface area contributed by atoms with E-state index in [4.69, 9.17) is 16.5 Å². The molecule has 1 aliphatic heterocycles. The Hall–Kier alpha value is 0.708. The second kappa shape index (κ2) is 9.77. The first-order valence-electron chi connectivity index (χ1n) is 9.99. The van der Waals surface area contributed by atoms with Crippen LogP contribution in [0.2, 0.25) is 51.9 Å². The van der Waals surface area contributed by atoms with Crippen LogP contribution in [0.15, 0.2) is 0 Å². The van der Waals surface area contributed by atoms with Crippen LogP contribution in [0.1, 0.15) is 51.4 Å². The molecule has 1 fully saturated rings. The molecule has 1 heterocycles. The summed E-state index contributed by atoms with van der Waals surface area (Å²) in [6.07, 6.45) is 10.1. The van der Waals surface area contributed by atoms with Crippen molar-refractivity contribution >= 4 is 34.2 Å². The second-order valence-electron chi connectivity index (χ2n) is 8.82. The van der Waals surface area contributed by atoms with Gasteiger partial charge >= 0.3 is 34.2 Å². The van der Waals surface area contributed by atoms with E-state index in [2.05, 4.69) is 52.8 Å². The maximum absolute atomic E-state index is 6.61. The Labute approximate surface area is 161 Å². The van der Waals surface area contributed by atoms with Crippen LogP contribution < -0.4 is 0 Å². The van der Waals surface area contributed by atoms with Crippen LogP contribution in [0.25, 0.3) is 0 Å². The molecule has 0 aromatic rings. The molecular formula is C17H41O4Si4. The van der Waals surface area contributed by atoms with Crippen LogP contribution in [0.4, 0.5) is 0 Å². The summed E-state index contributed by atoms with van der Waals surface area (Å²) in [5.41, 5.74) is 0. The molecule has 0 amide bonds. The lowest BCUT2D eigenvalue weighted by molar-refractivity contribution is 0.233. The van der Waals surface area contributed by atoms with Crippen LogP contribution in [-0.4, -0.2) is 34.2 Å². The molecule has 0 spiro atoms. The van der Waals surface area contributed by atoms with Crippen molar-refractivity contribution in [2.45, 2.75) is 103 Å². The van der Waals surface area contributed by atoms with Gasteiger partial charge in [0.05, 0.1) is 0 Å². The summed E-state index contributed by atoms with van der Waals surface area (Å²) in [6, 6.07) is 1.05. The summed E-state index contributed by atoms with van der Waals surface area (Å²) in [6.45, 7) is 18.9. The predicted molar refractivity (Wildman–Crippen MR) is 116 cm³/mol. The van der Waals surface area contributed by atoms with Gasteiger partial charge in [0.25, 0.3) is 0 Å². The van der Waals surface area contributed by atoms with Gasteiger partial charge in [0.15, 0.2) is 0 Å². The Kier molecular flexibility index (Phi) is 9.28. The highest BCUT2D eigenvalue weighted by molar-refractivity contribution is 6.93. The predicted octanol–water partition coefficient (Wildman–Crippen LogP) is 6.20. The summed E-state index contributed by atoms with van der Waals surface area (Å²) < 4.78 is 26.0. The Morgan fingerprint density at radius 3 is 1.32 bits per heavy atom. The van der Waals surface area contributed by atoms with Crippen molar-refractivity contribution in [3.05, 3.63) is 6.92 Å². The van der Waals surface area contributed by atoms with Gasteiger partial charge in [-0.25, -0.2) is 0 Å². The molecule has 0 aromatic carbocycles. The maximum Gasteiger partial charge on any atom is 0.317 e. The van der Waals surface area contributed by atoms with E-state index in [-0.39, 0.29) is 0 Å². The van der Waals surface area contributed by atoms with Gasteiger partial charge in [-0.3, -0.25) is 0 Å². The number of hydrogen-bond acceptors (Lipinski definition) is 4. The van der Waals surface area contributed by atoms with Gasteiger partial charge in [-0.05, 0) is 51.9 Å². The minimum atomic E-state index is -2.25. The van der Waals surface area contributed by atoms with Gasteiger partial charge in [-0.15, -0.1) is 0 Å². The third-order valence-electron chi connectivity index (χ3n) is 4.29. The van der Waals surface area contributed by atoms with Gasteiger partial charge in [0.1, 0.15) is 0 Å². The fourth-order valence-corrected chi connectivity index (χ4v) is 25.6. The first-order valence-corrected chi connectivity index (χ1v) is 21.0. The lowest BCUT2D eigenvalue weighted by Gasteiger charge is -2.47. The molecule has 1 rings (SSSR count). The van der Waals surface area contributed by atoms with Crippen LogP contribution in [0, 0.1) is 6.92 Å². The number of unbranched alkanes of at least 4 members (excludes halogenated alkanes) is 7. The summed E-state index contributed by atoms with van der Waals surface area (Å²) in [5.74, 6) is 0. The van der Waals surface area contributed by atoms with Gasteiger partial charge < -0.3 is 16.5 Å². The van der Waals surface area contributed by atoms with Crippen LogP contribution >= 0.6 is 0 Å². The van der Waals surface area contributed by atoms with Crippen molar-refractivity contribution < 1.29 is 16.5 Å². The lowest BCUT2D eigenvalue weighted by Crippen LogP contribution is -2.64. The van der Waals surface area contributed by atoms with Gasteiger partial charge in [0.2, 0.25) is 0 Å². The van der Waals surface area contributed by atoms with E-state index in [1.807, 2.05) is 0 Å². The van der Waals surface area contributed by atoms with E-state index in [0.717, 1.165) is 12.5 Å². The van der Waals surface area contributed by atoms with Crippen LogP contribution in [0.5, 0.6) is 0 Å². The lowest BCUT2D eigenvalue weighted by atomic mass is 10.1. The van der Waals surface area contributed by atoms with E-state index in [1.165, 1.54) is 44.9 Å². The number of hydrogen-bond donors (Lipinski definition) is 0. The molecule has 0 aromatic heterocycles. The molecule has 1 radical (unpaired) electrons. The zero-order chi connectivity index (χ0) is 19.2. The molecule has 0 unspecified atom stereocenters. The van der Waals surface area contributed by atoms with E-state index in [1.54, 1.807) is 0 Å². The Bertz CT molecular complexity index is 380. The van der Waals surface area contributed by atoms with Crippen molar-refractivity contribution in [1.82, 2.24) is 0 Å². The maximum atomic E-state index is 6.61. The highest BCUT2D eigenvalue weighted by Gasteiger charge is 2.52. The Morgan fingerprint density at radius 1 is 0.520 bits per heavy atom. The first-order chi connectivity index (χ1) is 11.4. The minimum Gasteiger partial charge on any atom is -0.416 e. The van der Waals surface area contributed by atoms with E-state index in [9.17, 15) is 0 Å².